The molecule has 0 radical (unpaired) electrons. The maximum atomic E-state index is 5.62. The second kappa shape index (κ2) is 11.9. The van der Waals surface area contributed by atoms with E-state index in [0.29, 0.717) is 0 Å². The summed E-state index contributed by atoms with van der Waals surface area (Å²) in [7, 11) is 0. The number of hydrogen-bond donors (Lipinski definition) is 0. The summed E-state index contributed by atoms with van der Waals surface area (Å²) < 4.78 is 4.92. The van der Waals surface area contributed by atoms with Crippen molar-refractivity contribution in [2.24, 2.45) is 0 Å². The standard InChI is InChI=1S/C54H42N4/c1-53(2)27-28-54(3,4)44-31-47-42(30-43(44)53)41-29-40-39-26-25-34-16-9-11-21-37(34)51(39)57(35-18-6-5-7-19-35)48(40)32-49(41)58(47)52-50(55-45-23-12-13-24-46(45)56-52)38-22-14-17-33-15-8-10-20-36(33)38/h5-26,29-32H,27-28H2,1-4H3. The van der Waals surface area contributed by atoms with Gasteiger partial charge in [-0.25, -0.2) is 9.97 Å². The maximum absolute atomic E-state index is 5.62. The number of rotatable bonds is 3. The Kier molecular flexibility index (Phi) is 6.83. The van der Waals surface area contributed by atoms with E-state index in [9.17, 15) is 0 Å². The third-order valence-corrected chi connectivity index (χ3v) is 13.3. The van der Waals surface area contributed by atoms with Gasteiger partial charge in [0.1, 0.15) is 5.69 Å². The fourth-order valence-electron chi connectivity index (χ4n) is 10.2. The molecule has 11 aromatic rings. The molecule has 4 heteroatoms. The van der Waals surface area contributed by atoms with Crippen LogP contribution in [0.3, 0.4) is 0 Å². The molecule has 0 saturated carbocycles. The van der Waals surface area contributed by atoms with Gasteiger partial charge in [0.2, 0.25) is 0 Å². The second-order valence-corrected chi connectivity index (χ2v) is 17.7. The van der Waals surface area contributed by atoms with Gasteiger partial charge in [-0.1, -0.05) is 137 Å². The largest absolute Gasteiger partial charge is 0.309 e. The van der Waals surface area contributed by atoms with E-state index in [1.165, 1.54) is 65.4 Å². The van der Waals surface area contributed by atoms with Crippen molar-refractivity contribution in [3.63, 3.8) is 0 Å². The zero-order chi connectivity index (χ0) is 38.9. The summed E-state index contributed by atoms with van der Waals surface area (Å²) in [6.07, 6.45) is 2.29. The molecular weight excluding hydrogens is 705 g/mol. The molecule has 12 rings (SSSR count). The lowest BCUT2D eigenvalue weighted by molar-refractivity contribution is 0.332. The Morgan fingerprint density at radius 2 is 1.00 bits per heavy atom. The minimum absolute atomic E-state index is 0.0275. The normalized spacial score (nSPS) is 15.0. The van der Waals surface area contributed by atoms with Gasteiger partial charge in [0, 0.05) is 38.2 Å². The van der Waals surface area contributed by atoms with Crippen LogP contribution in [0.2, 0.25) is 0 Å². The van der Waals surface area contributed by atoms with Crippen LogP contribution >= 0.6 is 0 Å². The highest BCUT2D eigenvalue weighted by Gasteiger charge is 2.38. The first kappa shape index (κ1) is 33.4. The summed E-state index contributed by atoms with van der Waals surface area (Å²) in [4.78, 5) is 11.1. The molecule has 0 fully saturated rings. The SMILES string of the molecule is CC1(C)CCC(C)(C)c2cc3c(cc21)c1cc2c4ccc5ccccc5c4n(-c4ccccc4)c2cc1n3-c1nc2ccccc2nc1-c1cccc2ccccc12. The molecule has 1 aliphatic rings. The van der Waals surface area contributed by atoms with E-state index >= 15 is 0 Å². The van der Waals surface area contributed by atoms with Crippen molar-refractivity contribution >= 4 is 76.2 Å². The molecule has 0 N–H and O–H groups in total. The maximum Gasteiger partial charge on any atom is 0.165 e. The summed E-state index contributed by atoms with van der Waals surface area (Å²) >= 11 is 0. The van der Waals surface area contributed by atoms with Crippen LogP contribution in [0.4, 0.5) is 0 Å². The fourth-order valence-corrected chi connectivity index (χ4v) is 10.2. The second-order valence-electron chi connectivity index (χ2n) is 17.7. The van der Waals surface area contributed by atoms with Crippen LogP contribution in [-0.4, -0.2) is 19.1 Å². The molecule has 0 saturated heterocycles. The molecule has 0 spiro atoms. The van der Waals surface area contributed by atoms with E-state index in [-0.39, 0.29) is 10.8 Å². The van der Waals surface area contributed by atoms with Crippen LogP contribution in [0.25, 0.3) is 99.0 Å². The minimum atomic E-state index is 0.0275. The summed E-state index contributed by atoms with van der Waals surface area (Å²) in [5, 5.41) is 9.79. The van der Waals surface area contributed by atoms with Gasteiger partial charge in [-0.3, -0.25) is 4.57 Å². The first-order valence-corrected chi connectivity index (χ1v) is 20.6. The smallest absolute Gasteiger partial charge is 0.165 e. The topological polar surface area (TPSA) is 35.6 Å². The Hall–Kier alpha value is -6.78. The van der Waals surface area contributed by atoms with E-state index < -0.39 is 0 Å². The van der Waals surface area contributed by atoms with Crippen molar-refractivity contribution in [3.05, 3.63) is 169 Å². The van der Waals surface area contributed by atoms with Crippen molar-refractivity contribution in [2.75, 3.05) is 0 Å². The van der Waals surface area contributed by atoms with E-state index in [1.807, 2.05) is 0 Å². The van der Waals surface area contributed by atoms with Gasteiger partial charge in [0.05, 0.1) is 33.1 Å². The van der Waals surface area contributed by atoms with Gasteiger partial charge in [-0.2, -0.15) is 0 Å². The van der Waals surface area contributed by atoms with E-state index in [1.54, 1.807) is 0 Å². The minimum Gasteiger partial charge on any atom is -0.309 e. The van der Waals surface area contributed by atoms with E-state index in [0.717, 1.165) is 57.5 Å². The average Bonchev–Trinajstić information content (AvgIpc) is 3.75. The van der Waals surface area contributed by atoms with Gasteiger partial charge < -0.3 is 4.57 Å². The highest BCUT2D eigenvalue weighted by molar-refractivity contribution is 6.23. The monoisotopic (exact) mass is 746 g/mol. The molecule has 0 unspecified atom stereocenters. The van der Waals surface area contributed by atoms with E-state index in [4.69, 9.17) is 9.97 Å². The van der Waals surface area contributed by atoms with Crippen molar-refractivity contribution < 1.29 is 0 Å². The lowest BCUT2D eigenvalue weighted by atomic mass is 9.63. The molecule has 3 aromatic heterocycles. The molecule has 58 heavy (non-hydrogen) atoms. The molecule has 0 bridgehead atoms. The van der Waals surface area contributed by atoms with Gasteiger partial charge >= 0.3 is 0 Å². The Morgan fingerprint density at radius 3 is 1.78 bits per heavy atom. The van der Waals surface area contributed by atoms with Crippen molar-refractivity contribution in [3.8, 4) is 22.8 Å². The highest BCUT2D eigenvalue weighted by atomic mass is 15.1. The molecule has 0 atom stereocenters. The number of para-hydroxylation sites is 3. The molecule has 4 nitrogen and oxygen atoms in total. The third-order valence-electron chi connectivity index (χ3n) is 13.3. The number of aromatic nitrogens is 4. The Bertz CT molecular complexity index is 3500. The van der Waals surface area contributed by atoms with Crippen LogP contribution in [0.1, 0.15) is 51.7 Å². The molecule has 278 valence electrons. The Balaban J connectivity index is 1.31. The quantitative estimate of drug-likeness (QED) is 0.180. The van der Waals surface area contributed by atoms with Crippen LogP contribution in [0, 0.1) is 0 Å². The Labute approximate surface area is 337 Å². The zero-order valence-electron chi connectivity index (χ0n) is 33.2. The summed E-state index contributed by atoms with van der Waals surface area (Å²) in [6.45, 7) is 9.70. The highest BCUT2D eigenvalue weighted by Crippen LogP contribution is 2.50. The van der Waals surface area contributed by atoms with Crippen LogP contribution in [0.5, 0.6) is 0 Å². The lowest BCUT2D eigenvalue weighted by Gasteiger charge is -2.42. The molecule has 1 aliphatic carbocycles. The molecule has 0 amide bonds. The van der Waals surface area contributed by atoms with Crippen molar-refractivity contribution in [2.45, 2.75) is 51.4 Å². The number of nitrogens with zero attached hydrogens (tertiary/aromatic N) is 4. The van der Waals surface area contributed by atoms with Crippen LogP contribution < -0.4 is 0 Å². The molecular formula is C54H42N4. The lowest BCUT2D eigenvalue weighted by Crippen LogP contribution is -2.33. The predicted octanol–water partition coefficient (Wildman–Crippen LogP) is 14.1. The first-order chi connectivity index (χ1) is 28.2. The summed E-state index contributed by atoms with van der Waals surface area (Å²) in [5.41, 5.74) is 12.5. The zero-order valence-corrected chi connectivity index (χ0v) is 33.2. The first-order valence-electron chi connectivity index (χ1n) is 20.6. The van der Waals surface area contributed by atoms with Gasteiger partial charge in [-0.05, 0) is 99.5 Å². The third kappa shape index (κ3) is 4.69. The predicted molar refractivity (Wildman–Crippen MR) is 244 cm³/mol. The average molecular weight is 747 g/mol. The molecule has 8 aromatic carbocycles. The van der Waals surface area contributed by atoms with Gasteiger partial charge in [0.25, 0.3) is 0 Å². The van der Waals surface area contributed by atoms with Crippen LogP contribution in [0.15, 0.2) is 158 Å². The van der Waals surface area contributed by atoms with Gasteiger partial charge in [0.15, 0.2) is 5.82 Å². The summed E-state index contributed by atoms with van der Waals surface area (Å²) in [5.74, 6) is 0.843. The number of hydrogen-bond acceptors (Lipinski definition) is 2. The molecule has 0 aliphatic heterocycles. The fraction of sp³-hybridized carbons (Fsp3) is 0.148. The van der Waals surface area contributed by atoms with Crippen molar-refractivity contribution in [1.82, 2.24) is 19.1 Å². The Morgan fingerprint density at radius 1 is 0.431 bits per heavy atom. The molecule has 3 heterocycles. The van der Waals surface area contributed by atoms with Gasteiger partial charge in [-0.15, -0.1) is 0 Å². The van der Waals surface area contributed by atoms with E-state index in [2.05, 4.69) is 195 Å². The van der Waals surface area contributed by atoms with Crippen molar-refractivity contribution in [1.29, 1.82) is 0 Å². The summed E-state index contributed by atoms with van der Waals surface area (Å²) in [6, 6.07) is 57.7. The van der Waals surface area contributed by atoms with Crippen LogP contribution in [-0.2, 0) is 10.8 Å². The number of fused-ring (bicyclic) bond motifs is 11. The number of benzene rings is 8.